The van der Waals surface area contributed by atoms with E-state index in [0.29, 0.717) is 34.3 Å². The number of anilines is 2. The van der Waals surface area contributed by atoms with Gasteiger partial charge in [-0.2, -0.15) is 0 Å². The van der Waals surface area contributed by atoms with E-state index >= 15 is 0 Å². The van der Waals surface area contributed by atoms with Gasteiger partial charge in [-0.15, -0.1) is 6.42 Å². The highest BCUT2D eigenvalue weighted by atomic mass is 32.2. The molecule has 0 saturated carbocycles. The zero-order valence-corrected chi connectivity index (χ0v) is 24.2. The third-order valence-corrected chi connectivity index (χ3v) is 8.48. The van der Waals surface area contributed by atoms with Crippen LogP contribution in [0.4, 0.5) is 11.4 Å². The van der Waals surface area contributed by atoms with Crippen LogP contribution in [0.2, 0.25) is 0 Å². The fourth-order valence-corrected chi connectivity index (χ4v) is 6.24. The minimum atomic E-state index is -4.21. The Bertz CT molecular complexity index is 1530. The molecule has 0 fully saturated rings. The summed E-state index contributed by atoms with van der Waals surface area (Å²) < 4.78 is 44.1. The van der Waals surface area contributed by atoms with Gasteiger partial charge in [0.05, 0.1) is 44.4 Å². The summed E-state index contributed by atoms with van der Waals surface area (Å²) in [5.41, 5.74) is 2.35. The van der Waals surface area contributed by atoms with Crippen LogP contribution in [0.1, 0.15) is 24.5 Å². The van der Waals surface area contributed by atoms with E-state index in [9.17, 15) is 18.0 Å². The number of ether oxygens (including phenoxy) is 3. The number of carbonyl (C=O) groups excluding carboxylic acids is 2. The maximum absolute atomic E-state index is 14.1. The standard InChI is InChI=1S/C30H34N2O7S/c1-7-16-31(22(3)18-29(33)38-5)26-13-14-27(25-11-9-8-10-24(25)26)32(19-30(34)39-6)40(35,36)28-15-12-23(20-37-4)17-21(28)2/h1,8-15,17,22H,16,18-20H2,2-6H3/t22-/m0/s1. The molecule has 0 amide bonds. The van der Waals surface area contributed by atoms with Crippen molar-refractivity contribution in [3.05, 3.63) is 65.7 Å². The molecule has 0 unspecified atom stereocenters. The summed E-state index contributed by atoms with van der Waals surface area (Å²) in [5.74, 6) is 1.54. The molecule has 0 aliphatic rings. The van der Waals surface area contributed by atoms with E-state index in [1.165, 1.54) is 20.3 Å². The number of methoxy groups -OCH3 is 3. The lowest BCUT2D eigenvalue weighted by Gasteiger charge is -2.32. The number of benzene rings is 3. The first-order valence-corrected chi connectivity index (χ1v) is 14.0. The molecule has 40 heavy (non-hydrogen) atoms. The van der Waals surface area contributed by atoms with Gasteiger partial charge < -0.3 is 19.1 Å². The van der Waals surface area contributed by atoms with Gasteiger partial charge in [0.15, 0.2) is 0 Å². The summed E-state index contributed by atoms with van der Waals surface area (Å²) in [6, 6.07) is 15.3. The van der Waals surface area contributed by atoms with Crippen molar-refractivity contribution in [2.45, 2.75) is 37.8 Å². The molecule has 0 radical (unpaired) electrons. The highest BCUT2D eigenvalue weighted by Crippen LogP contribution is 2.38. The van der Waals surface area contributed by atoms with Crippen molar-refractivity contribution in [3.63, 3.8) is 0 Å². The highest BCUT2D eigenvalue weighted by Gasteiger charge is 2.31. The van der Waals surface area contributed by atoms with Gasteiger partial charge in [0.1, 0.15) is 6.54 Å². The number of sulfonamides is 1. The van der Waals surface area contributed by atoms with Crippen LogP contribution >= 0.6 is 0 Å². The Labute approximate surface area is 235 Å². The van der Waals surface area contributed by atoms with Gasteiger partial charge in [-0.05, 0) is 43.2 Å². The number of rotatable bonds is 12. The van der Waals surface area contributed by atoms with Gasteiger partial charge in [0.2, 0.25) is 0 Å². The third kappa shape index (κ3) is 6.55. The summed E-state index contributed by atoms with van der Waals surface area (Å²) in [6.07, 6.45) is 5.78. The number of carbonyl (C=O) groups is 2. The van der Waals surface area contributed by atoms with Crippen molar-refractivity contribution in [2.75, 3.05) is 43.6 Å². The Morgan fingerprint density at radius 2 is 1.57 bits per heavy atom. The van der Waals surface area contributed by atoms with Crippen LogP contribution in [0.3, 0.4) is 0 Å². The van der Waals surface area contributed by atoms with E-state index in [1.54, 1.807) is 50.4 Å². The molecule has 0 aliphatic heterocycles. The van der Waals surface area contributed by atoms with Gasteiger partial charge in [0.25, 0.3) is 10.0 Å². The predicted octanol–water partition coefficient (Wildman–Crippen LogP) is 4.05. The van der Waals surface area contributed by atoms with Gasteiger partial charge in [-0.1, -0.05) is 42.3 Å². The number of hydrogen-bond acceptors (Lipinski definition) is 8. The second-order valence-corrected chi connectivity index (χ2v) is 11.1. The number of aryl methyl sites for hydroxylation is 1. The van der Waals surface area contributed by atoms with Crippen molar-refractivity contribution < 1.29 is 32.2 Å². The monoisotopic (exact) mass is 566 g/mol. The van der Waals surface area contributed by atoms with Crippen LogP contribution in [0.25, 0.3) is 10.8 Å². The van der Waals surface area contributed by atoms with Crippen molar-refractivity contribution in [1.29, 1.82) is 0 Å². The quantitative estimate of drug-likeness (QED) is 0.239. The second kappa shape index (κ2) is 13.3. The molecule has 1 atom stereocenters. The minimum absolute atomic E-state index is 0.0603. The molecule has 0 heterocycles. The summed E-state index contributed by atoms with van der Waals surface area (Å²) in [5, 5.41) is 1.28. The SMILES string of the molecule is C#CCN(c1ccc(N(CC(=O)OC)S(=O)(=O)c2ccc(COC)cc2C)c2ccccc12)[C@@H](C)CC(=O)OC. The first-order valence-electron chi connectivity index (χ1n) is 12.6. The largest absolute Gasteiger partial charge is 0.469 e. The molecule has 0 spiro atoms. The summed E-state index contributed by atoms with van der Waals surface area (Å²) in [7, 11) is -0.109. The fraction of sp³-hybridized carbons (Fsp3) is 0.333. The topological polar surface area (TPSA) is 102 Å². The molecule has 3 rings (SSSR count). The van der Waals surface area contributed by atoms with Crippen LogP contribution in [-0.4, -0.2) is 60.8 Å². The maximum Gasteiger partial charge on any atom is 0.326 e. The maximum atomic E-state index is 14.1. The van der Waals surface area contributed by atoms with Gasteiger partial charge in [-0.3, -0.25) is 13.9 Å². The van der Waals surface area contributed by atoms with Gasteiger partial charge in [0, 0.05) is 29.6 Å². The average Bonchev–Trinajstić information content (AvgIpc) is 2.94. The van der Waals surface area contributed by atoms with Crippen molar-refractivity contribution in [1.82, 2.24) is 0 Å². The zero-order chi connectivity index (χ0) is 29.4. The molecule has 0 aliphatic carbocycles. The van der Waals surface area contributed by atoms with Crippen LogP contribution in [0.15, 0.2) is 59.5 Å². The molecule has 3 aromatic carbocycles. The van der Waals surface area contributed by atoms with Crippen LogP contribution in [0, 0.1) is 19.3 Å². The van der Waals surface area contributed by atoms with E-state index in [-0.39, 0.29) is 29.9 Å². The lowest BCUT2D eigenvalue weighted by Crippen LogP contribution is -2.37. The lowest BCUT2D eigenvalue weighted by molar-refractivity contribution is -0.141. The Morgan fingerprint density at radius 3 is 2.15 bits per heavy atom. The first-order chi connectivity index (χ1) is 19.1. The zero-order valence-electron chi connectivity index (χ0n) is 23.3. The smallest absolute Gasteiger partial charge is 0.326 e. The Hall–Kier alpha value is -4.07. The number of esters is 2. The van der Waals surface area contributed by atoms with E-state index in [1.807, 2.05) is 24.0 Å². The molecule has 0 bridgehead atoms. The van der Waals surface area contributed by atoms with Crippen molar-refractivity contribution in [3.8, 4) is 12.3 Å². The molecular weight excluding hydrogens is 532 g/mol. The Balaban J connectivity index is 2.22. The normalized spacial score (nSPS) is 11.9. The summed E-state index contributed by atoms with van der Waals surface area (Å²) in [6.45, 7) is 3.57. The highest BCUT2D eigenvalue weighted by molar-refractivity contribution is 7.93. The number of nitrogens with zero attached hydrogens (tertiary/aromatic N) is 2. The molecule has 10 heteroatoms. The predicted molar refractivity (Wildman–Crippen MR) is 155 cm³/mol. The van der Waals surface area contributed by atoms with Gasteiger partial charge >= 0.3 is 11.9 Å². The second-order valence-electron chi connectivity index (χ2n) is 9.23. The summed E-state index contributed by atoms with van der Waals surface area (Å²) >= 11 is 0. The van der Waals surface area contributed by atoms with Gasteiger partial charge in [-0.25, -0.2) is 8.42 Å². The molecule has 0 N–H and O–H groups in total. The molecule has 212 valence electrons. The van der Waals surface area contributed by atoms with Crippen molar-refractivity contribution >= 4 is 44.1 Å². The molecule has 9 nitrogen and oxygen atoms in total. The summed E-state index contributed by atoms with van der Waals surface area (Å²) in [4.78, 5) is 26.5. The first kappa shape index (κ1) is 30.5. The van der Waals surface area contributed by atoms with E-state index in [4.69, 9.17) is 20.6 Å². The van der Waals surface area contributed by atoms with E-state index in [2.05, 4.69) is 5.92 Å². The molecule has 0 saturated heterocycles. The fourth-order valence-electron chi connectivity index (χ4n) is 4.60. The average molecular weight is 567 g/mol. The number of terminal acetylenes is 1. The third-order valence-electron chi connectivity index (χ3n) is 6.56. The van der Waals surface area contributed by atoms with Crippen molar-refractivity contribution in [2.24, 2.45) is 0 Å². The molecular formula is C30H34N2O7S. The van der Waals surface area contributed by atoms with Crippen LogP contribution in [-0.2, 0) is 40.4 Å². The Kier molecular flexibility index (Phi) is 10.2. The minimum Gasteiger partial charge on any atom is -0.469 e. The van der Waals surface area contributed by atoms with E-state index < -0.39 is 22.5 Å². The van der Waals surface area contributed by atoms with Crippen LogP contribution < -0.4 is 9.21 Å². The Morgan fingerprint density at radius 1 is 0.950 bits per heavy atom. The molecule has 3 aromatic rings. The number of fused-ring (bicyclic) bond motifs is 1. The number of hydrogen-bond donors (Lipinski definition) is 0. The van der Waals surface area contributed by atoms with Crippen LogP contribution in [0.5, 0.6) is 0 Å². The van der Waals surface area contributed by atoms with E-state index in [0.717, 1.165) is 9.87 Å². The molecule has 0 aromatic heterocycles. The lowest BCUT2D eigenvalue weighted by atomic mass is 10.0.